The predicted molar refractivity (Wildman–Crippen MR) is 129 cm³/mol. The minimum absolute atomic E-state index is 0.132. The van der Waals surface area contributed by atoms with E-state index >= 15 is 0 Å². The van der Waals surface area contributed by atoms with E-state index in [0.29, 0.717) is 0 Å². The molecule has 1 fully saturated rings. The molecule has 202 valence electrons. The van der Waals surface area contributed by atoms with E-state index in [9.17, 15) is 26.3 Å². The van der Waals surface area contributed by atoms with E-state index in [1.807, 2.05) is 6.92 Å². The molecule has 1 unspecified atom stereocenters. The van der Waals surface area contributed by atoms with Crippen LogP contribution < -0.4 is 4.74 Å². The second-order valence-corrected chi connectivity index (χ2v) is 8.05. The lowest BCUT2D eigenvalue weighted by molar-refractivity contribution is -0.274. The quantitative estimate of drug-likeness (QED) is 0.331. The lowest BCUT2D eigenvalue weighted by atomic mass is 10.0. The van der Waals surface area contributed by atoms with Gasteiger partial charge in [0.2, 0.25) is 0 Å². The average Bonchev–Trinajstić information content (AvgIpc) is 2.80. The van der Waals surface area contributed by atoms with Crippen LogP contribution in [0.2, 0.25) is 0 Å². The number of halogens is 6. The van der Waals surface area contributed by atoms with Crippen LogP contribution >= 0.6 is 0 Å². The molecule has 0 spiro atoms. The Morgan fingerprint density at radius 1 is 0.946 bits per heavy atom. The molecule has 0 bridgehead atoms. The highest BCUT2D eigenvalue weighted by molar-refractivity contribution is 5.62. The number of carboxylic acids is 1. The Hall–Kier alpha value is -3.45. The molecule has 1 aliphatic rings. The monoisotopic (exact) mass is 529 g/mol. The van der Waals surface area contributed by atoms with Crippen LogP contribution in [0.3, 0.4) is 0 Å². The summed E-state index contributed by atoms with van der Waals surface area (Å²) in [4.78, 5) is 11.3. The number of rotatable bonds is 3. The summed E-state index contributed by atoms with van der Waals surface area (Å²) in [6.07, 6.45) is -5.45. The van der Waals surface area contributed by atoms with Crippen LogP contribution in [0, 0.1) is 11.8 Å². The fourth-order valence-corrected chi connectivity index (χ4v) is 3.23. The smallest absolute Gasteiger partial charge is 0.481 e. The minimum Gasteiger partial charge on any atom is -0.481 e. The number of ether oxygens (including phenoxy) is 1. The van der Waals surface area contributed by atoms with Gasteiger partial charge >= 0.3 is 12.5 Å². The number of piperidine rings is 1. The molecule has 1 saturated heterocycles. The van der Waals surface area contributed by atoms with Gasteiger partial charge in [-0.1, -0.05) is 67.3 Å². The summed E-state index contributed by atoms with van der Waals surface area (Å²) in [5, 5.41) is 7.42. The molecule has 1 aliphatic heterocycles. The Labute approximate surface area is 212 Å². The zero-order valence-corrected chi connectivity index (χ0v) is 20.5. The van der Waals surface area contributed by atoms with Gasteiger partial charge in [0.05, 0.1) is 11.6 Å². The van der Waals surface area contributed by atoms with Crippen molar-refractivity contribution in [2.24, 2.45) is 0 Å². The fourth-order valence-electron chi connectivity index (χ4n) is 3.23. The third-order valence-electron chi connectivity index (χ3n) is 4.71. The summed E-state index contributed by atoms with van der Waals surface area (Å²) in [5.41, 5.74) is 1.04. The first kappa shape index (κ1) is 31.6. The predicted octanol–water partition coefficient (Wildman–Crippen LogP) is 7.49. The number of hydrogen-bond acceptors (Lipinski definition) is 3. The van der Waals surface area contributed by atoms with Gasteiger partial charge < -0.3 is 9.84 Å². The molecule has 1 heterocycles. The first-order valence-electron chi connectivity index (χ1n) is 11.3. The molecular formula is C27H29F6NO3. The molecule has 0 aromatic heterocycles. The Balaban J connectivity index is 0.000000402. The molecule has 37 heavy (non-hydrogen) atoms. The van der Waals surface area contributed by atoms with E-state index in [2.05, 4.69) is 28.1 Å². The van der Waals surface area contributed by atoms with Crippen molar-refractivity contribution in [1.82, 2.24) is 4.90 Å². The topological polar surface area (TPSA) is 49.8 Å². The first-order chi connectivity index (χ1) is 17.2. The van der Waals surface area contributed by atoms with Gasteiger partial charge in [0.1, 0.15) is 5.75 Å². The van der Waals surface area contributed by atoms with E-state index in [0.717, 1.165) is 56.1 Å². The summed E-state index contributed by atoms with van der Waals surface area (Å²) in [6, 6.07) is 12.2. The molecule has 1 atom stereocenters. The van der Waals surface area contributed by atoms with Crippen molar-refractivity contribution in [1.29, 1.82) is 0 Å². The van der Waals surface area contributed by atoms with Gasteiger partial charge in [0.15, 0.2) is 0 Å². The van der Waals surface area contributed by atoms with Crippen molar-refractivity contribution in [3.63, 3.8) is 0 Å². The first-order valence-corrected chi connectivity index (χ1v) is 11.3. The summed E-state index contributed by atoms with van der Waals surface area (Å²) in [7, 11) is 0. The van der Waals surface area contributed by atoms with Crippen LogP contribution in [0.5, 0.6) is 5.75 Å². The Morgan fingerprint density at radius 2 is 1.46 bits per heavy atom. The molecule has 2 aromatic carbocycles. The molecule has 10 heteroatoms. The summed E-state index contributed by atoms with van der Waals surface area (Å²) >= 11 is 0. The van der Waals surface area contributed by atoms with Crippen molar-refractivity contribution in [3.05, 3.63) is 77.9 Å². The normalized spacial score (nSPS) is 14.4. The second kappa shape index (κ2) is 15.0. The molecular weight excluding hydrogens is 500 g/mol. The van der Waals surface area contributed by atoms with Gasteiger partial charge in [-0.15, -0.1) is 13.2 Å². The SMILES string of the molecule is C=C(C)C#CC(c1ccc(OC(F)(F)F)cc1)N1CCCCC1.CC(=O)O.FC(F)(F)c1ccccc1. The third kappa shape index (κ3) is 14.0. The molecule has 2 aromatic rings. The Bertz CT molecular complexity index is 1030. The van der Waals surface area contributed by atoms with Gasteiger partial charge in [0, 0.05) is 6.92 Å². The van der Waals surface area contributed by atoms with E-state index in [1.54, 1.807) is 18.2 Å². The number of allylic oxidation sites excluding steroid dienone is 1. The van der Waals surface area contributed by atoms with Crippen molar-refractivity contribution < 1.29 is 41.0 Å². The van der Waals surface area contributed by atoms with E-state index in [4.69, 9.17) is 9.90 Å². The summed E-state index contributed by atoms with van der Waals surface area (Å²) in [5.74, 6) is 5.13. The van der Waals surface area contributed by atoms with Gasteiger partial charge in [-0.05, 0) is 56.1 Å². The van der Waals surface area contributed by atoms with Crippen molar-refractivity contribution in [2.75, 3.05) is 13.1 Å². The van der Waals surface area contributed by atoms with Crippen LogP contribution in [-0.4, -0.2) is 35.4 Å². The number of aliphatic carboxylic acids is 1. The Kier molecular flexibility index (Phi) is 12.8. The fraction of sp³-hybridized carbons (Fsp3) is 0.370. The van der Waals surface area contributed by atoms with Gasteiger partial charge in [-0.25, -0.2) is 0 Å². The lowest BCUT2D eigenvalue weighted by Crippen LogP contribution is -2.33. The van der Waals surface area contributed by atoms with Gasteiger partial charge in [-0.2, -0.15) is 13.2 Å². The van der Waals surface area contributed by atoms with Crippen molar-refractivity contribution in [2.45, 2.75) is 51.7 Å². The standard InChI is InChI=1S/C18H20F3NO.C7H5F3.C2H4O2/c1-14(2)6-11-17(22-12-4-3-5-13-22)15-7-9-16(10-8-15)23-18(19,20)21;8-7(9,10)6-4-2-1-3-5-6;1-2(3)4/h7-10,17H,1,3-5,12-13H2,2H3;1-5H;1H3,(H,3,4). The third-order valence-corrected chi connectivity index (χ3v) is 4.71. The van der Waals surface area contributed by atoms with Gasteiger partial charge in [0.25, 0.3) is 5.97 Å². The maximum absolute atomic E-state index is 12.2. The summed E-state index contributed by atoms with van der Waals surface area (Å²) in [6.45, 7) is 8.58. The molecule has 0 radical (unpaired) electrons. The van der Waals surface area contributed by atoms with Crippen LogP contribution in [-0.2, 0) is 11.0 Å². The lowest BCUT2D eigenvalue weighted by Gasteiger charge is -2.32. The molecule has 4 nitrogen and oxygen atoms in total. The molecule has 1 N–H and O–H groups in total. The number of benzene rings is 2. The number of alkyl halides is 6. The average molecular weight is 530 g/mol. The number of nitrogens with zero attached hydrogens (tertiary/aromatic N) is 1. The van der Waals surface area contributed by atoms with Crippen molar-refractivity contribution in [3.8, 4) is 17.6 Å². The van der Waals surface area contributed by atoms with E-state index in [1.165, 1.54) is 30.7 Å². The molecule has 0 aliphatic carbocycles. The number of carbonyl (C=O) groups is 1. The van der Waals surface area contributed by atoms with Crippen LogP contribution in [0.15, 0.2) is 66.7 Å². The van der Waals surface area contributed by atoms with E-state index in [-0.39, 0.29) is 11.8 Å². The maximum Gasteiger partial charge on any atom is 0.573 e. The number of carboxylic acid groups (broad SMARTS) is 1. The number of likely N-dealkylation sites (tertiary alicyclic amines) is 1. The van der Waals surface area contributed by atoms with Crippen LogP contribution in [0.1, 0.15) is 50.3 Å². The van der Waals surface area contributed by atoms with Crippen molar-refractivity contribution >= 4 is 5.97 Å². The van der Waals surface area contributed by atoms with Crippen LogP contribution in [0.4, 0.5) is 26.3 Å². The second-order valence-electron chi connectivity index (χ2n) is 8.05. The molecule has 0 saturated carbocycles. The minimum atomic E-state index is -4.67. The van der Waals surface area contributed by atoms with Gasteiger partial charge in [-0.3, -0.25) is 9.69 Å². The zero-order valence-electron chi connectivity index (χ0n) is 20.5. The molecule has 0 amide bonds. The van der Waals surface area contributed by atoms with Crippen LogP contribution in [0.25, 0.3) is 0 Å². The highest BCUT2D eigenvalue weighted by Gasteiger charge is 2.31. The molecule has 3 rings (SSSR count). The zero-order chi connectivity index (χ0) is 28.1. The highest BCUT2D eigenvalue weighted by atomic mass is 19.4. The maximum atomic E-state index is 12.2. The highest BCUT2D eigenvalue weighted by Crippen LogP contribution is 2.29. The largest absolute Gasteiger partial charge is 0.573 e. The Morgan fingerprint density at radius 3 is 1.86 bits per heavy atom. The van der Waals surface area contributed by atoms with E-state index < -0.39 is 24.1 Å². The summed E-state index contributed by atoms with van der Waals surface area (Å²) < 4.78 is 76.0. The number of hydrogen-bond donors (Lipinski definition) is 1.